The fourth-order valence-electron chi connectivity index (χ4n) is 1.71. The number of carbonyl (C=O) groups excluding carboxylic acids is 1. The van der Waals surface area contributed by atoms with E-state index in [-0.39, 0.29) is 11.5 Å². The van der Waals surface area contributed by atoms with Gasteiger partial charge >= 0.3 is 0 Å². The van der Waals surface area contributed by atoms with Gasteiger partial charge < -0.3 is 0 Å². The number of rotatable bonds is 3. The van der Waals surface area contributed by atoms with Crippen LogP contribution in [0.25, 0.3) is 0 Å². The summed E-state index contributed by atoms with van der Waals surface area (Å²) in [6.07, 6.45) is 1.36. The topological polar surface area (TPSA) is 65.5 Å². The first kappa shape index (κ1) is 13.9. The lowest BCUT2D eigenvalue weighted by molar-refractivity contribution is -0.115. The maximum Gasteiger partial charge on any atom is 0.229 e. The quantitative estimate of drug-likeness (QED) is 0.848. The molecule has 2 rings (SSSR count). The van der Waals surface area contributed by atoms with E-state index in [2.05, 4.69) is 4.98 Å². The van der Waals surface area contributed by atoms with Crippen LogP contribution in [0, 0.1) is 11.6 Å². The molecule has 2 N–H and O–H groups in total. The van der Waals surface area contributed by atoms with E-state index in [9.17, 15) is 13.6 Å². The van der Waals surface area contributed by atoms with Crippen LogP contribution in [0.2, 0.25) is 0 Å². The van der Waals surface area contributed by atoms with Crippen LogP contribution in [-0.4, -0.2) is 16.1 Å². The number of benzene rings is 1. The van der Waals surface area contributed by atoms with Crippen molar-refractivity contribution in [1.82, 2.24) is 4.98 Å². The van der Waals surface area contributed by atoms with Crippen molar-refractivity contribution in [3.8, 4) is 0 Å². The molecule has 7 heteroatoms. The molecular weight excluding hydrogens is 268 g/mol. The fraction of sp³-hybridized carbons (Fsp3) is 0.0769. The maximum atomic E-state index is 13.3. The molecule has 0 saturated carbocycles. The molecule has 5 nitrogen and oxygen atoms in total. The molecule has 0 bridgehead atoms. The summed E-state index contributed by atoms with van der Waals surface area (Å²) in [6.45, 7) is 1.27. The molecule has 0 atom stereocenters. The van der Waals surface area contributed by atoms with Gasteiger partial charge in [0.15, 0.2) is 11.6 Å². The van der Waals surface area contributed by atoms with E-state index in [0.717, 1.165) is 17.0 Å². The van der Waals surface area contributed by atoms with Crippen LogP contribution in [0.15, 0.2) is 36.5 Å². The van der Waals surface area contributed by atoms with Crippen LogP contribution < -0.4 is 10.4 Å². The molecule has 0 saturated heterocycles. The summed E-state index contributed by atoms with van der Waals surface area (Å²) >= 11 is 0. The normalized spacial score (nSPS) is 10.2. The fourth-order valence-corrected chi connectivity index (χ4v) is 1.71. The highest BCUT2D eigenvalue weighted by Crippen LogP contribution is 2.26. The Bertz CT molecular complexity index is 649. The average Bonchev–Trinajstić information content (AvgIpc) is 2.43. The zero-order valence-corrected chi connectivity index (χ0v) is 10.5. The van der Waals surface area contributed by atoms with Crippen molar-refractivity contribution < 1.29 is 18.8 Å². The molecule has 0 aliphatic rings. The van der Waals surface area contributed by atoms with Gasteiger partial charge in [-0.1, -0.05) is 0 Å². The molecule has 2 aromatic rings. The second kappa shape index (κ2) is 5.62. The maximum absolute atomic E-state index is 13.3. The third-order valence-corrected chi connectivity index (χ3v) is 2.58. The zero-order chi connectivity index (χ0) is 14.7. The number of hydrogen-bond donors (Lipinski definition) is 2. The number of hydrogen-bond acceptors (Lipinski definition) is 4. The summed E-state index contributed by atoms with van der Waals surface area (Å²) in [5.74, 6) is -2.33. The summed E-state index contributed by atoms with van der Waals surface area (Å²) < 4.78 is 26.2. The van der Waals surface area contributed by atoms with Crippen molar-refractivity contribution in [3.05, 3.63) is 48.2 Å². The van der Waals surface area contributed by atoms with Crippen molar-refractivity contribution in [3.63, 3.8) is 0 Å². The Morgan fingerprint density at radius 2 is 2.00 bits per heavy atom. The Hall–Kier alpha value is -2.54. The van der Waals surface area contributed by atoms with Gasteiger partial charge in [0.25, 0.3) is 0 Å². The highest BCUT2D eigenvalue weighted by Gasteiger charge is 2.17. The van der Waals surface area contributed by atoms with Crippen molar-refractivity contribution in [2.24, 2.45) is 0 Å². The summed E-state index contributed by atoms with van der Waals surface area (Å²) in [6, 6.07) is 5.96. The van der Waals surface area contributed by atoms with Gasteiger partial charge in [0.1, 0.15) is 5.82 Å². The second-order valence-electron chi connectivity index (χ2n) is 3.97. The van der Waals surface area contributed by atoms with Gasteiger partial charge in [-0.25, -0.2) is 13.8 Å². The molecule has 1 aromatic carbocycles. The minimum Gasteiger partial charge on any atom is -0.291 e. The largest absolute Gasteiger partial charge is 0.291 e. The second-order valence-corrected chi connectivity index (χ2v) is 3.97. The standard InChI is InChI=1S/C13H11F2N3O2/c1-8(19)18(10-2-3-11(14)12(15)7-10)13-6-9(17-20)4-5-16-13/h2-7,20H,1H3,(H,16,17). The molecule has 0 unspecified atom stereocenters. The van der Waals surface area contributed by atoms with Gasteiger partial charge in [0, 0.05) is 25.3 Å². The number of halogens is 2. The Kier molecular flexibility index (Phi) is 3.90. The monoisotopic (exact) mass is 279 g/mol. The van der Waals surface area contributed by atoms with Gasteiger partial charge in [0.05, 0.1) is 11.4 Å². The molecule has 0 spiro atoms. The van der Waals surface area contributed by atoms with Crippen molar-refractivity contribution in [2.45, 2.75) is 6.92 Å². The van der Waals surface area contributed by atoms with Crippen LogP contribution in [0.1, 0.15) is 6.92 Å². The molecule has 1 heterocycles. The van der Waals surface area contributed by atoms with Gasteiger partial charge in [-0.15, -0.1) is 0 Å². The highest BCUT2D eigenvalue weighted by atomic mass is 19.2. The smallest absolute Gasteiger partial charge is 0.229 e. The number of nitrogens with one attached hydrogen (secondary N) is 1. The van der Waals surface area contributed by atoms with Gasteiger partial charge in [-0.3, -0.25) is 20.4 Å². The molecular formula is C13H11F2N3O2. The first-order valence-corrected chi connectivity index (χ1v) is 5.65. The number of amides is 1. The molecule has 0 aliphatic carbocycles. The molecule has 0 fully saturated rings. The zero-order valence-electron chi connectivity index (χ0n) is 10.5. The third-order valence-electron chi connectivity index (χ3n) is 2.58. The first-order valence-electron chi connectivity index (χ1n) is 5.65. The Labute approximate surface area is 113 Å². The van der Waals surface area contributed by atoms with Crippen LogP contribution >= 0.6 is 0 Å². The van der Waals surface area contributed by atoms with Crippen LogP contribution in [0.3, 0.4) is 0 Å². The van der Waals surface area contributed by atoms with Crippen LogP contribution in [0.5, 0.6) is 0 Å². The van der Waals surface area contributed by atoms with E-state index >= 15 is 0 Å². The minimum absolute atomic E-state index is 0.138. The van der Waals surface area contributed by atoms with Crippen LogP contribution in [0.4, 0.5) is 26.0 Å². The van der Waals surface area contributed by atoms with E-state index < -0.39 is 17.5 Å². The molecule has 1 amide bonds. The number of pyridine rings is 1. The van der Waals surface area contributed by atoms with Crippen molar-refractivity contribution in [2.75, 3.05) is 10.4 Å². The Morgan fingerprint density at radius 3 is 2.60 bits per heavy atom. The molecule has 0 aliphatic heterocycles. The predicted molar refractivity (Wildman–Crippen MR) is 68.8 cm³/mol. The molecule has 1 aromatic heterocycles. The number of nitrogens with zero attached hydrogens (tertiary/aromatic N) is 2. The van der Waals surface area contributed by atoms with E-state index in [1.807, 2.05) is 5.48 Å². The Balaban J connectivity index is 2.50. The van der Waals surface area contributed by atoms with Gasteiger partial charge in [-0.2, -0.15) is 0 Å². The molecule has 0 radical (unpaired) electrons. The van der Waals surface area contributed by atoms with Crippen molar-refractivity contribution in [1.29, 1.82) is 0 Å². The molecule has 20 heavy (non-hydrogen) atoms. The van der Waals surface area contributed by atoms with E-state index in [4.69, 9.17) is 5.21 Å². The Morgan fingerprint density at radius 1 is 1.25 bits per heavy atom. The lowest BCUT2D eigenvalue weighted by Crippen LogP contribution is -2.24. The number of anilines is 3. The van der Waals surface area contributed by atoms with Gasteiger partial charge in [0.2, 0.25) is 5.91 Å². The first-order chi connectivity index (χ1) is 9.52. The summed E-state index contributed by atoms with van der Waals surface area (Å²) in [5, 5.41) is 8.84. The summed E-state index contributed by atoms with van der Waals surface area (Å²) in [5.41, 5.74) is 2.37. The van der Waals surface area contributed by atoms with E-state index in [0.29, 0.717) is 5.69 Å². The SMILES string of the molecule is CC(=O)N(c1ccc(F)c(F)c1)c1cc(NO)ccn1. The lowest BCUT2D eigenvalue weighted by atomic mass is 10.2. The molecule has 104 valence electrons. The predicted octanol–water partition coefficient (Wildman–Crippen LogP) is 2.85. The summed E-state index contributed by atoms with van der Waals surface area (Å²) in [4.78, 5) is 16.8. The van der Waals surface area contributed by atoms with Crippen LogP contribution in [-0.2, 0) is 4.79 Å². The van der Waals surface area contributed by atoms with Crippen molar-refractivity contribution >= 4 is 23.1 Å². The average molecular weight is 279 g/mol. The number of carbonyl (C=O) groups is 1. The number of aromatic nitrogens is 1. The third kappa shape index (κ3) is 2.72. The lowest BCUT2D eigenvalue weighted by Gasteiger charge is -2.20. The van der Waals surface area contributed by atoms with E-state index in [1.54, 1.807) is 0 Å². The minimum atomic E-state index is -1.06. The van der Waals surface area contributed by atoms with E-state index in [1.165, 1.54) is 31.3 Å². The van der Waals surface area contributed by atoms with Gasteiger partial charge in [-0.05, 0) is 18.2 Å². The summed E-state index contributed by atoms with van der Waals surface area (Å²) in [7, 11) is 0. The highest BCUT2D eigenvalue weighted by molar-refractivity contribution is 5.98.